The molecule has 0 radical (unpaired) electrons. The Labute approximate surface area is 125 Å². The van der Waals surface area contributed by atoms with Crippen molar-refractivity contribution in [2.75, 3.05) is 0 Å². The Morgan fingerprint density at radius 2 is 1.38 bits per heavy atom. The molecule has 0 spiro atoms. The van der Waals surface area contributed by atoms with Gasteiger partial charge in [-0.3, -0.25) is 0 Å². The SMILES string of the molecule is CC1C=C(c2ccccc2)C=CC(c2cccc(O)c2)=C1. The number of phenolic OH excluding ortho intramolecular Hbond substituents is 1. The van der Waals surface area contributed by atoms with Crippen molar-refractivity contribution in [3.05, 3.63) is 90.0 Å². The molecule has 1 aliphatic carbocycles. The summed E-state index contributed by atoms with van der Waals surface area (Å²) in [4.78, 5) is 0. The molecule has 3 rings (SSSR count). The highest BCUT2D eigenvalue weighted by atomic mass is 16.3. The Bertz CT molecular complexity index is 721. The third-order valence-corrected chi connectivity index (χ3v) is 3.61. The molecule has 21 heavy (non-hydrogen) atoms. The first-order chi connectivity index (χ1) is 10.2. The normalized spacial score (nSPS) is 17.9. The molecule has 0 aliphatic heterocycles. The third-order valence-electron chi connectivity index (χ3n) is 3.61. The summed E-state index contributed by atoms with van der Waals surface area (Å²) >= 11 is 0. The zero-order valence-electron chi connectivity index (χ0n) is 12.0. The van der Waals surface area contributed by atoms with Crippen molar-refractivity contribution in [3.8, 4) is 5.75 Å². The van der Waals surface area contributed by atoms with Crippen LogP contribution in [0.4, 0.5) is 0 Å². The predicted molar refractivity (Wildman–Crippen MR) is 88.8 cm³/mol. The highest BCUT2D eigenvalue weighted by molar-refractivity contribution is 5.83. The van der Waals surface area contributed by atoms with Gasteiger partial charge in [-0.05, 0) is 40.3 Å². The van der Waals surface area contributed by atoms with Crippen LogP contribution in [0.3, 0.4) is 0 Å². The summed E-state index contributed by atoms with van der Waals surface area (Å²) in [6, 6.07) is 17.8. The predicted octanol–water partition coefficient (Wildman–Crippen LogP) is 5.07. The van der Waals surface area contributed by atoms with Gasteiger partial charge in [0.2, 0.25) is 0 Å². The van der Waals surface area contributed by atoms with E-state index >= 15 is 0 Å². The van der Waals surface area contributed by atoms with Crippen LogP contribution in [-0.4, -0.2) is 5.11 Å². The first-order valence-electron chi connectivity index (χ1n) is 7.19. The summed E-state index contributed by atoms with van der Waals surface area (Å²) in [5, 5.41) is 9.65. The van der Waals surface area contributed by atoms with Crippen LogP contribution in [0.2, 0.25) is 0 Å². The second-order valence-electron chi connectivity index (χ2n) is 5.35. The van der Waals surface area contributed by atoms with E-state index in [9.17, 15) is 5.11 Å². The van der Waals surface area contributed by atoms with E-state index in [1.165, 1.54) is 11.1 Å². The van der Waals surface area contributed by atoms with E-state index in [-0.39, 0.29) is 0 Å². The molecule has 0 heterocycles. The fourth-order valence-electron chi connectivity index (χ4n) is 2.61. The Kier molecular flexibility index (Phi) is 3.74. The molecule has 0 bridgehead atoms. The molecule has 2 aromatic rings. The van der Waals surface area contributed by atoms with Crippen molar-refractivity contribution in [2.45, 2.75) is 6.92 Å². The molecule has 0 saturated carbocycles. The molecule has 1 atom stereocenters. The van der Waals surface area contributed by atoms with Crippen LogP contribution in [0.25, 0.3) is 11.1 Å². The van der Waals surface area contributed by atoms with E-state index in [1.54, 1.807) is 12.1 Å². The van der Waals surface area contributed by atoms with Gasteiger partial charge in [0.1, 0.15) is 5.75 Å². The maximum absolute atomic E-state index is 9.65. The zero-order valence-corrected chi connectivity index (χ0v) is 12.0. The topological polar surface area (TPSA) is 20.2 Å². The van der Waals surface area contributed by atoms with Gasteiger partial charge in [-0.2, -0.15) is 0 Å². The molecule has 0 saturated heterocycles. The minimum absolute atomic E-state index is 0.301. The fourth-order valence-corrected chi connectivity index (χ4v) is 2.61. The third kappa shape index (κ3) is 3.14. The number of phenols is 1. The molecule has 0 aromatic heterocycles. The lowest BCUT2D eigenvalue weighted by Crippen LogP contribution is -1.87. The van der Waals surface area contributed by atoms with Gasteiger partial charge in [0.15, 0.2) is 0 Å². The molecular formula is C20H18O. The smallest absolute Gasteiger partial charge is 0.116 e. The summed E-state index contributed by atoms with van der Waals surface area (Å²) in [6.45, 7) is 2.18. The molecule has 1 aliphatic rings. The van der Waals surface area contributed by atoms with E-state index in [0.717, 1.165) is 11.1 Å². The van der Waals surface area contributed by atoms with Crippen molar-refractivity contribution >= 4 is 11.1 Å². The first kappa shape index (κ1) is 13.4. The van der Waals surface area contributed by atoms with Crippen LogP contribution in [0, 0.1) is 5.92 Å². The molecule has 1 nitrogen and oxygen atoms in total. The molecule has 1 N–H and O–H groups in total. The minimum Gasteiger partial charge on any atom is -0.508 e. The van der Waals surface area contributed by atoms with E-state index in [2.05, 4.69) is 55.5 Å². The van der Waals surface area contributed by atoms with Crippen molar-refractivity contribution in [1.29, 1.82) is 0 Å². The summed E-state index contributed by atoms with van der Waals surface area (Å²) in [7, 11) is 0. The van der Waals surface area contributed by atoms with E-state index in [4.69, 9.17) is 0 Å². The molecule has 1 heteroatoms. The Morgan fingerprint density at radius 1 is 0.762 bits per heavy atom. The van der Waals surface area contributed by atoms with Gasteiger partial charge in [0.25, 0.3) is 0 Å². The standard InChI is InChI=1S/C20H18O/c1-15-12-18(16-6-3-2-4-7-16)10-11-19(13-15)17-8-5-9-20(21)14-17/h2-15,21H,1H3. The maximum Gasteiger partial charge on any atom is 0.116 e. The maximum atomic E-state index is 9.65. The first-order valence-corrected chi connectivity index (χ1v) is 7.19. The lowest BCUT2D eigenvalue weighted by Gasteiger charge is -2.05. The quantitative estimate of drug-likeness (QED) is 0.811. The second-order valence-corrected chi connectivity index (χ2v) is 5.35. The fraction of sp³-hybridized carbons (Fsp3) is 0.100. The summed E-state index contributed by atoms with van der Waals surface area (Å²) in [5.74, 6) is 0.641. The lowest BCUT2D eigenvalue weighted by molar-refractivity contribution is 0.475. The molecule has 0 fully saturated rings. The lowest BCUT2D eigenvalue weighted by atomic mass is 10.0. The van der Waals surface area contributed by atoms with Crippen molar-refractivity contribution < 1.29 is 5.11 Å². The summed E-state index contributed by atoms with van der Waals surface area (Å²) in [5.41, 5.74) is 4.64. The van der Waals surface area contributed by atoms with Gasteiger partial charge in [0.05, 0.1) is 0 Å². The highest BCUT2D eigenvalue weighted by Gasteiger charge is 2.08. The Balaban J connectivity index is 1.95. The monoisotopic (exact) mass is 274 g/mol. The Morgan fingerprint density at radius 3 is 2.05 bits per heavy atom. The number of hydrogen-bond acceptors (Lipinski definition) is 1. The van der Waals surface area contributed by atoms with E-state index in [1.807, 2.05) is 18.2 Å². The van der Waals surface area contributed by atoms with Gasteiger partial charge >= 0.3 is 0 Å². The second kappa shape index (κ2) is 5.84. The summed E-state index contributed by atoms with van der Waals surface area (Å²) in [6.07, 6.45) is 8.76. The molecule has 104 valence electrons. The number of rotatable bonds is 2. The van der Waals surface area contributed by atoms with Gasteiger partial charge in [-0.15, -0.1) is 0 Å². The molecule has 0 amide bonds. The van der Waals surface area contributed by atoms with Crippen LogP contribution >= 0.6 is 0 Å². The number of aromatic hydroxyl groups is 1. The van der Waals surface area contributed by atoms with Gasteiger partial charge < -0.3 is 5.11 Å². The van der Waals surface area contributed by atoms with E-state index in [0.29, 0.717) is 11.7 Å². The van der Waals surface area contributed by atoms with Crippen molar-refractivity contribution in [3.63, 3.8) is 0 Å². The summed E-state index contributed by atoms with van der Waals surface area (Å²) < 4.78 is 0. The number of allylic oxidation sites excluding steroid dienone is 6. The van der Waals surface area contributed by atoms with Crippen LogP contribution in [-0.2, 0) is 0 Å². The van der Waals surface area contributed by atoms with E-state index < -0.39 is 0 Å². The largest absolute Gasteiger partial charge is 0.508 e. The van der Waals surface area contributed by atoms with Crippen LogP contribution in [0.15, 0.2) is 78.9 Å². The average Bonchev–Trinajstić information content (AvgIpc) is 2.70. The van der Waals surface area contributed by atoms with Crippen LogP contribution < -0.4 is 0 Å². The van der Waals surface area contributed by atoms with Crippen LogP contribution in [0.1, 0.15) is 18.1 Å². The van der Waals surface area contributed by atoms with Crippen molar-refractivity contribution in [1.82, 2.24) is 0 Å². The average molecular weight is 274 g/mol. The zero-order chi connectivity index (χ0) is 14.7. The van der Waals surface area contributed by atoms with Crippen molar-refractivity contribution in [2.24, 2.45) is 5.92 Å². The molecular weight excluding hydrogens is 256 g/mol. The number of benzene rings is 2. The Hall–Kier alpha value is -2.54. The minimum atomic E-state index is 0.301. The molecule has 2 aromatic carbocycles. The number of hydrogen-bond donors (Lipinski definition) is 1. The van der Waals surface area contributed by atoms with Crippen LogP contribution in [0.5, 0.6) is 5.75 Å². The van der Waals surface area contributed by atoms with Gasteiger partial charge in [-0.25, -0.2) is 0 Å². The van der Waals surface area contributed by atoms with Gasteiger partial charge in [0, 0.05) is 0 Å². The molecule has 1 unspecified atom stereocenters. The highest BCUT2D eigenvalue weighted by Crippen LogP contribution is 2.28. The van der Waals surface area contributed by atoms with Gasteiger partial charge in [-0.1, -0.05) is 73.7 Å².